The first-order chi connectivity index (χ1) is 13.5. The quantitative estimate of drug-likeness (QED) is 0.321. The van der Waals surface area contributed by atoms with E-state index in [1.807, 2.05) is 0 Å². The zero-order chi connectivity index (χ0) is 20.2. The lowest BCUT2D eigenvalue weighted by molar-refractivity contribution is 0.217. The number of hydrogen-bond acceptors (Lipinski definition) is 2. The molecule has 0 N–H and O–H groups in total. The van der Waals surface area contributed by atoms with Gasteiger partial charge in [-0.3, -0.25) is 9.89 Å². The SMILES string of the molecule is CC(C)=CCCN(Cc1ccccc1)[C@H](C=NCc1ccccc1)CC(C)C. The average Bonchev–Trinajstić information content (AvgIpc) is 2.67. The molecule has 0 bridgehead atoms. The van der Waals surface area contributed by atoms with Crippen LogP contribution in [0.2, 0.25) is 0 Å². The fourth-order valence-corrected chi connectivity index (χ4v) is 3.35. The zero-order valence-corrected chi connectivity index (χ0v) is 18.0. The van der Waals surface area contributed by atoms with Gasteiger partial charge in [-0.15, -0.1) is 0 Å². The van der Waals surface area contributed by atoms with Gasteiger partial charge in [0.25, 0.3) is 0 Å². The molecule has 0 saturated heterocycles. The highest BCUT2D eigenvalue weighted by Crippen LogP contribution is 2.16. The number of rotatable bonds is 11. The lowest BCUT2D eigenvalue weighted by Crippen LogP contribution is -2.37. The maximum atomic E-state index is 4.82. The number of allylic oxidation sites excluding steroid dienone is 1. The van der Waals surface area contributed by atoms with Crippen LogP contribution in [-0.4, -0.2) is 23.7 Å². The van der Waals surface area contributed by atoms with Crippen molar-refractivity contribution >= 4 is 6.21 Å². The maximum absolute atomic E-state index is 4.82. The molecule has 0 unspecified atom stereocenters. The van der Waals surface area contributed by atoms with Crippen LogP contribution in [0, 0.1) is 5.92 Å². The molecule has 0 fully saturated rings. The van der Waals surface area contributed by atoms with E-state index in [9.17, 15) is 0 Å². The zero-order valence-electron chi connectivity index (χ0n) is 18.0. The van der Waals surface area contributed by atoms with Crippen molar-refractivity contribution in [3.05, 3.63) is 83.4 Å². The van der Waals surface area contributed by atoms with Gasteiger partial charge in [0.15, 0.2) is 0 Å². The third-order valence-electron chi connectivity index (χ3n) is 4.77. The summed E-state index contributed by atoms with van der Waals surface area (Å²) < 4.78 is 0. The van der Waals surface area contributed by atoms with E-state index < -0.39 is 0 Å². The van der Waals surface area contributed by atoms with E-state index in [-0.39, 0.29) is 0 Å². The first-order valence-electron chi connectivity index (χ1n) is 10.5. The predicted octanol–water partition coefficient (Wildman–Crippen LogP) is 6.53. The summed E-state index contributed by atoms with van der Waals surface area (Å²) in [5.74, 6) is 0.634. The molecular formula is C26H36N2. The molecule has 2 nitrogen and oxygen atoms in total. The average molecular weight is 377 g/mol. The Bertz CT molecular complexity index is 713. The van der Waals surface area contributed by atoms with E-state index in [0.717, 1.165) is 32.5 Å². The van der Waals surface area contributed by atoms with Crippen molar-refractivity contribution in [1.82, 2.24) is 4.90 Å². The van der Waals surface area contributed by atoms with E-state index in [1.54, 1.807) is 0 Å². The second-order valence-electron chi connectivity index (χ2n) is 8.20. The smallest absolute Gasteiger partial charge is 0.0636 e. The number of benzene rings is 2. The summed E-state index contributed by atoms with van der Waals surface area (Å²) in [6, 6.07) is 21.7. The maximum Gasteiger partial charge on any atom is 0.0636 e. The molecule has 0 aliphatic carbocycles. The molecule has 0 radical (unpaired) electrons. The van der Waals surface area contributed by atoms with Gasteiger partial charge in [-0.1, -0.05) is 86.2 Å². The molecule has 2 aromatic carbocycles. The van der Waals surface area contributed by atoms with Crippen molar-refractivity contribution in [3.63, 3.8) is 0 Å². The Morgan fingerprint density at radius 3 is 2.11 bits per heavy atom. The monoisotopic (exact) mass is 376 g/mol. The second-order valence-corrected chi connectivity index (χ2v) is 8.20. The van der Waals surface area contributed by atoms with Crippen molar-refractivity contribution in [3.8, 4) is 0 Å². The Kier molecular flexibility index (Phi) is 9.71. The van der Waals surface area contributed by atoms with Gasteiger partial charge in [-0.2, -0.15) is 0 Å². The normalized spacial score (nSPS) is 12.6. The van der Waals surface area contributed by atoms with Gasteiger partial charge in [-0.05, 0) is 43.7 Å². The summed E-state index contributed by atoms with van der Waals surface area (Å²) in [5, 5.41) is 0. The van der Waals surface area contributed by atoms with Crippen LogP contribution in [0.5, 0.6) is 0 Å². The lowest BCUT2D eigenvalue weighted by atomic mass is 10.0. The minimum absolute atomic E-state index is 0.356. The Morgan fingerprint density at radius 2 is 1.54 bits per heavy atom. The first kappa shape index (κ1) is 22.1. The van der Waals surface area contributed by atoms with Crippen LogP contribution < -0.4 is 0 Å². The van der Waals surface area contributed by atoms with Crippen molar-refractivity contribution in [2.24, 2.45) is 10.9 Å². The number of aliphatic imine (C=N–C) groups is 1. The van der Waals surface area contributed by atoms with Crippen LogP contribution >= 0.6 is 0 Å². The standard InChI is InChI=1S/C26H36N2/c1-22(2)12-11-17-28(21-25-15-9-6-10-16-25)26(18-23(3)4)20-27-19-24-13-7-5-8-14-24/h5-10,12-16,20,23,26H,11,17-19,21H2,1-4H3/t26-/m0/s1. The van der Waals surface area contributed by atoms with Crippen LogP contribution in [0.1, 0.15) is 51.7 Å². The third kappa shape index (κ3) is 8.67. The summed E-state index contributed by atoms with van der Waals surface area (Å²) in [7, 11) is 0. The second kappa shape index (κ2) is 12.3. The Labute approximate surface area is 172 Å². The van der Waals surface area contributed by atoms with E-state index in [4.69, 9.17) is 4.99 Å². The van der Waals surface area contributed by atoms with Gasteiger partial charge >= 0.3 is 0 Å². The fourth-order valence-electron chi connectivity index (χ4n) is 3.35. The van der Waals surface area contributed by atoms with Crippen LogP contribution in [0.4, 0.5) is 0 Å². The van der Waals surface area contributed by atoms with Gasteiger partial charge in [-0.25, -0.2) is 0 Å². The van der Waals surface area contributed by atoms with E-state index in [1.165, 1.54) is 16.7 Å². The van der Waals surface area contributed by atoms with Crippen LogP contribution in [0.15, 0.2) is 77.3 Å². The number of nitrogens with zero attached hydrogens (tertiary/aromatic N) is 2. The largest absolute Gasteiger partial charge is 0.291 e. The summed E-state index contributed by atoms with van der Waals surface area (Å²) in [6.07, 6.45) is 6.74. The van der Waals surface area contributed by atoms with Gasteiger partial charge in [0.05, 0.1) is 6.54 Å². The minimum Gasteiger partial charge on any atom is -0.291 e. The van der Waals surface area contributed by atoms with Crippen molar-refractivity contribution in [2.75, 3.05) is 6.54 Å². The Morgan fingerprint density at radius 1 is 0.929 bits per heavy atom. The predicted molar refractivity (Wildman–Crippen MR) is 123 cm³/mol. The van der Waals surface area contributed by atoms with Gasteiger partial charge in [0, 0.05) is 25.3 Å². The molecule has 0 saturated carbocycles. The van der Waals surface area contributed by atoms with E-state index >= 15 is 0 Å². The summed E-state index contributed by atoms with van der Waals surface area (Å²) in [5.41, 5.74) is 4.02. The minimum atomic E-state index is 0.356. The molecule has 28 heavy (non-hydrogen) atoms. The highest BCUT2D eigenvalue weighted by Gasteiger charge is 2.18. The topological polar surface area (TPSA) is 15.6 Å². The molecular weight excluding hydrogens is 340 g/mol. The molecule has 0 aromatic heterocycles. The summed E-state index contributed by atoms with van der Waals surface area (Å²) in [6.45, 7) is 11.7. The molecule has 150 valence electrons. The van der Waals surface area contributed by atoms with Crippen molar-refractivity contribution in [1.29, 1.82) is 0 Å². The van der Waals surface area contributed by atoms with Gasteiger partial charge in [0.2, 0.25) is 0 Å². The third-order valence-corrected chi connectivity index (χ3v) is 4.77. The fraction of sp³-hybridized carbons (Fsp3) is 0.423. The van der Waals surface area contributed by atoms with Crippen LogP contribution in [-0.2, 0) is 13.1 Å². The van der Waals surface area contributed by atoms with Crippen molar-refractivity contribution < 1.29 is 0 Å². The molecule has 0 heterocycles. The Hall–Kier alpha value is -2.19. The van der Waals surface area contributed by atoms with Crippen LogP contribution in [0.25, 0.3) is 0 Å². The van der Waals surface area contributed by atoms with E-state index in [0.29, 0.717) is 12.0 Å². The highest BCUT2D eigenvalue weighted by molar-refractivity contribution is 5.64. The molecule has 0 aliphatic heterocycles. The molecule has 0 aliphatic rings. The lowest BCUT2D eigenvalue weighted by Gasteiger charge is -2.30. The molecule has 2 heteroatoms. The molecule has 0 amide bonds. The summed E-state index contributed by atoms with van der Waals surface area (Å²) in [4.78, 5) is 7.41. The van der Waals surface area contributed by atoms with Gasteiger partial charge in [0.1, 0.15) is 0 Å². The first-order valence-corrected chi connectivity index (χ1v) is 10.5. The molecule has 0 spiro atoms. The molecule has 2 rings (SSSR count). The number of hydrogen-bond donors (Lipinski definition) is 0. The molecule has 2 aromatic rings. The van der Waals surface area contributed by atoms with Crippen LogP contribution in [0.3, 0.4) is 0 Å². The Balaban J connectivity index is 2.14. The van der Waals surface area contributed by atoms with Crippen molar-refractivity contribution in [2.45, 2.75) is 59.7 Å². The van der Waals surface area contributed by atoms with Gasteiger partial charge < -0.3 is 0 Å². The highest BCUT2D eigenvalue weighted by atomic mass is 15.2. The van der Waals surface area contributed by atoms with E-state index in [2.05, 4.69) is 106 Å². The molecule has 1 atom stereocenters. The summed E-state index contributed by atoms with van der Waals surface area (Å²) >= 11 is 0.